The molecule has 0 aromatic heterocycles. The molecule has 4 rings (SSSR count). The predicted molar refractivity (Wildman–Crippen MR) is 134 cm³/mol. The zero-order chi connectivity index (χ0) is 25.7. The van der Waals surface area contributed by atoms with Crippen molar-refractivity contribution in [2.75, 3.05) is 6.54 Å². The summed E-state index contributed by atoms with van der Waals surface area (Å²) in [6.07, 6.45) is 5.11. The number of ketones is 1. The number of benzene rings is 2. The number of rotatable bonds is 10. The molecular formula is C29H36F2N2O3. The van der Waals surface area contributed by atoms with Crippen molar-refractivity contribution in [3.05, 3.63) is 70.3 Å². The average molecular weight is 499 g/mol. The second-order valence-electron chi connectivity index (χ2n) is 10.2. The van der Waals surface area contributed by atoms with Crippen molar-refractivity contribution in [2.24, 2.45) is 5.92 Å². The second-order valence-corrected chi connectivity index (χ2v) is 10.2. The van der Waals surface area contributed by atoms with E-state index in [1.54, 1.807) is 0 Å². The Balaban J connectivity index is 1.45. The third-order valence-electron chi connectivity index (χ3n) is 7.56. The van der Waals surface area contributed by atoms with E-state index in [2.05, 4.69) is 35.8 Å². The molecule has 36 heavy (non-hydrogen) atoms. The molecule has 3 unspecified atom stereocenters. The summed E-state index contributed by atoms with van der Waals surface area (Å²) < 4.78 is 27.6. The fourth-order valence-corrected chi connectivity index (χ4v) is 5.54. The number of fused-ring (bicyclic) bond motifs is 1. The van der Waals surface area contributed by atoms with Gasteiger partial charge in [-0.05, 0) is 79.3 Å². The molecule has 2 aromatic carbocycles. The van der Waals surface area contributed by atoms with E-state index >= 15 is 0 Å². The Morgan fingerprint density at radius 3 is 2.50 bits per heavy atom. The number of carbonyl (C=O) groups excluding carboxylic acids is 2. The smallest absolute Gasteiger partial charge is 0.221 e. The summed E-state index contributed by atoms with van der Waals surface area (Å²) in [4.78, 5) is 24.8. The normalized spacial score (nSPS) is 21.2. The van der Waals surface area contributed by atoms with Crippen LogP contribution < -0.4 is 10.6 Å². The predicted octanol–water partition coefficient (Wildman–Crippen LogP) is 4.34. The van der Waals surface area contributed by atoms with E-state index in [-0.39, 0.29) is 43.0 Å². The van der Waals surface area contributed by atoms with Gasteiger partial charge >= 0.3 is 0 Å². The van der Waals surface area contributed by atoms with Crippen molar-refractivity contribution in [3.63, 3.8) is 0 Å². The molecule has 2 aliphatic carbocycles. The number of hydrogen-bond acceptors (Lipinski definition) is 4. The van der Waals surface area contributed by atoms with Gasteiger partial charge in [0, 0.05) is 37.4 Å². The van der Waals surface area contributed by atoms with Gasteiger partial charge in [-0.1, -0.05) is 25.1 Å². The van der Waals surface area contributed by atoms with E-state index in [0.717, 1.165) is 38.2 Å². The minimum absolute atomic E-state index is 0.0722. The molecule has 5 nitrogen and oxygen atoms in total. The number of aliphatic hydroxyl groups is 1. The first-order chi connectivity index (χ1) is 17.3. The molecule has 0 spiro atoms. The lowest BCUT2D eigenvalue weighted by molar-refractivity contribution is -0.128. The number of halogens is 2. The number of aliphatic hydroxyl groups excluding tert-OH is 1. The molecule has 2 aromatic rings. The van der Waals surface area contributed by atoms with Crippen LogP contribution in [0.25, 0.3) is 0 Å². The van der Waals surface area contributed by atoms with Gasteiger partial charge in [-0.15, -0.1) is 0 Å². The molecule has 7 heteroatoms. The van der Waals surface area contributed by atoms with E-state index in [9.17, 15) is 23.5 Å². The van der Waals surface area contributed by atoms with Crippen molar-refractivity contribution in [2.45, 2.75) is 82.9 Å². The molecule has 3 N–H and O–H groups in total. The van der Waals surface area contributed by atoms with Crippen molar-refractivity contribution < 1.29 is 23.5 Å². The number of carbonyl (C=O) groups is 2. The number of Topliss-reactive ketones (excluding diaryl/α,β-unsaturated/α-hetero) is 1. The largest absolute Gasteiger partial charge is 0.390 e. The molecular weight excluding hydrogens is 462 g/mol. The van der Waals surface area contributed by atoms with Crippen molar-refractivity contribution in [1.29, 1.82) is 0 Å². The number of hydrogen-bond donors (Lipinski definition) is 3. The van der Waals surface area contributed by atoms with Crippen molar-refractivity contribution >= 4 is 11.7 Å². The Bertz CT molecular complexity index is 1070. The number of aryl methyl sites for hydroxylation is 2. The monoisotopic (exact) mass is 498 g/mol. The summed E-state index contributed by atoms with van der Waals surface area (Å²) in [5.41, 5.74) is 4.18. The molecule has 4 atom stereocenters. The van der Waals surface area contributed by atoms with Crippen LogP contribution in [0, 0.1) is 17.6 Å². The quantitative estimate of drug-likeness (QED) is 0.455. The Hall–Kier alpha value is -2.64. The van der Waals surface area contributed by atoms with Crippen LogP contribution in [0.5, 0.6) is 0 Å². The summed E-state index contributed by atoms with van der Waals surface area (Å²) in [5, 5.41) is 17.4. The van der Waals surface area contributed by atoms with E-state index in [4.69, 9.17) is 0 Å². The molecule has 1 fully saturated rings. The third-order valence-corrected chi connectivity index (χ3v) is 7.56. The van der Waals surface area contributed by atoms with E-state index < -0.39 is 23.8 Å². The van der Waals surface area contributed by atoms with Crippen LogP contribution in [-0.4, -0.2) is 35.5 Å². The van der Waals surface area contributed by atoms with Crippen LogP contribution in [0.1, 0.15) is 73.7 Å². The van der Waals surface area contributed by atoms with E-state index in [1.807, 2.05) is 0 Å². The van der Waals surface area contributed by atoms with Gasteiger partial charge in [0.25, 0.3) is 0 Å². The Morgan fingerprint density at radius 1 is 1.06 bits per heavy atom. The van der Waals surface area contributed by atoms with E-state index in [1.165, 1.54) is 28.8 Å². The van der Waals surface area contributed by atoms with Crippen LogP contribution >= 0.6 is 0 Å². The van der Waals surface area contributed by atoms with E-state index in [0.29, 0.717) is 18.4 Å². The van der Waals surface area contributed by atoms with Gasteiger partial charge in [-0.25, -0.2) is 8.78 Å². The Morgan fingerprint density at radius 2 is 1.81 bits per heavy atom. The first-order valence-corrected chi connectivity index (χ1v) is 13.1. The molecule has 0 bridgehead atoms. The lowest BCUT2D eigenvalue weighted by Crippen LogP contribution is -2.49. The summed E-state index contributed by atoms with van der Waals surface area (Å²) >= 11 is 0. The summed E-state index contributed by atoms with van der Waals surface area (Å²) in [7, 11) is 0. The highest BCUT2D eigenvalue weighted by atomic mass is 19.1. The lowest BCUT2D eigenvalue weighted by Gasteiger charge is -2.30. The van der Waals surface area contributed by atoms with Crippen LogP contribution in [0.4, 0.5) is 8.78 Å². The first kappa shape index (κ1) is 26.4. The lowest BCUT2D eigenvalue weighted by atomic mass is 9.86. The number of nitrogens with one attached hydrogen (secondary N) is 2. The topological polar surface area (TPSA) is 78.4 Å². The van der Waals surface area contributed by atoms with Gasteiger partial charge in [0.1, 0.15) is 17.4 Å². The highest BCUT2D eigenvalue weighted by Crippen LogP contribution is 2.31. The molecule has 0 saturated heterocycles. The molecule has 1 amide bonds. The van der Waals surface area contributed by atoms with Crippen LogP contribution in [0.2, 0.25) is 0 Å². The summed E-state index contributed by atoms with van der Waals surface area (Å²) in [6, 6.07) is 9.14. The summed E-state index contributed by atoms with van der Waals surface area (Å²) in [6.45, 7) is 2.34. The molecule has 0 heterocycles. The average Bonchev–Trinajstić information content (AvgIpc) is 3.25. The summed E-state index contributed by atoms with van der Waals surface area (Å²) in [5.74, 6) is -1.93. The SMILES string of the molecule is CCc1ccc2c(c1)[C@@H](NCC(O)C(Cc1cc(F)cc(F)c1)NC(=O)CC1CCCC1=O)CCC2. The Labute approximate surface area is 211 Å². The minimum atomic E-state index is -0.987. The fourth-order valence-electron chi connectivity index (χ4n) is 5.54. The third kappa shape index (κ3) is 6.77. The van der Waals surface area contributed by atoms with Gasteiger partial charge in [0.05, 0.1) is 12.1 Å². The zero-order valence-corrected chi connectivity index (χ0v) is 20.9. The highest BCUT2D eigenvalue weighted by Gasteiger charge is 2.30. The molecule has 194 valence electrons. The van der Waals surface area contributed by atoms with Gasteiger partial charge in [0.2, 0.25) is 5.91 Å². The molecule has 0 aliphatic heterocycles. The maximum atomic E-state index is 13.8. The maximum Gasteiger partial charge on any atom is 0.221 e. The van der Waals surface area contributed by atoms with Gasteiger partial charge in [-0.2, -0.15) is 0 Å². The first-order valence-electron chi connectivity index (χ1n) is 13.1. The maximum absolute atomic E-state index is 13.8. The zero-order valence-electron chi connectivity index (χ0n) is 20.9. The minimum Gasteiger partial charge on any atom is -0.390 e. The fraction of sp³-hybridized carbons (Fsp3) is 0.517. The molecule has 2 aliphatic rings. The molecule has 1 saturated carbocycles. The second kappa shape index (κ2) is 12.1. The van der Waals surface area contributed by atoms with Gasteiger partial charge in [-0.3, -0.25) is 9.59 Å². The number of amides is 1. The van der Waals surface area contributed by atoms with Crippen LogP contribution in [0.15, 0.2) is 36.4 Å². The molecule has 0 radical (unpaired) electrons. The highest BCUT2D eigenvalue weighted by molar-refractivity contribution is 5.88. The standard InChI is InChI=1S/C29H36F2N2O3/c1-2-18-9-10-20-5-3-7-25(24(20)13-18)32-17-28(35)26(14-19-11-22(30)16-23(31)12-19)33-29(36)15-21-6-4-8-27(21)34/h9-13,16,21,25-26,28,32,35H,2-8,14-15,17H2,1H3,(H,33,36)/t21?,25-,26?,28?/m0/s1. The van der Waals surface area contributed by atoms with Crippen LogP contribution in [-0.2, 0) is 28.9 Å². The van der Waals surface area contributed by atoms with Crippen molar-refractivity contribution in [1.82, 2.24) is 10.6 Å². The van der Waals surface area contributed by atoms with Crippen LogP contribution in [0.3, 0.4) is 0 Å². The van der Waals surface area contributed by atoms with Crippen molar-refractivity contribution in [3.8, 4) is 0 Å². The van der Waals surface area contributed by atoms with Gasteiger partial charge < -0.3 is 15.7 Å². The van der Waals surface area contributed by atoms with Gasteiger partial charge in [0.15, 0.2) is 0 Å². The Kier molecular flexibility index (Phi) is 8.86.